The number of rotatable bonds is 9. The number of nitrogens with one attached hydrogen (secondary N) is 1. The van der Waals surface area contributed by atoms with E-state index in [9.17, 15) is 9.59 Å². The van der Waals surface area contributed by atoms with Crippen LogP contribution in [-0.2, 0) is 19.6 Å². The van der Waals surface area contributed by atoms with E-state index in [0.29, 0.717) is 25.3 Å². The summed E-state index contributed by atoms with van der Waals surface area (Å²) in [6, 6.07) is 26.1. The van der Waals surface area contributed by atoms with E-state index in [1.54, 1.807) is 18.3 Å². The highest BCUT2D eigenvalue weighted by molar-refractivity contribution is 5.79. The van der Waals surface area contributed by atoms with E-state index in [1.807, 2.05) is 69.8 Å². The molecule has 0 radical (unpaired) electrons. The van der Waals surface area contributed by atoms with Gasteiger partial charge in [-0.25, -0.2) is 0 Å². The van der Waals surface area contributed by atoms with Gasteiger partial charge in [0.25, 0.3) is 11.1 Å². The molecule has 0 atom stereocenters. The van der Waals surface area contributed by atoms with Gasteiger partial charge >= 0.3 is 0 Å². The molecule has 11 heteroatoms. The van der Waals surface area contributed by atoms with Crippen molar-refractivity contribution in [1.82, 2.24) is 29.2 Å². The minimum Gasteiger partial charge on any atom is -0.486 e. The lowest BCUT2D eigenvalue weighted by molar-refractivity contribution is 0.170. The number of hydrogen-bond donors (Lipinski definition) is 2. The average molecular weight is 692 g/mol. The summed E-state index contributed by atoms with van der Waals surface area (Å²) >= 11 is 0. The SMILES string of the molecule is NC1CCN(CCn2c(=O)ccc3ccccc32)CC1.O=c1ccc2ccccc2n1CCN1CCC(NCc2cc3c(cn2)OCCO3)CC1. The lowest BCUT2D eigenvalue weighted by atomic mass is 10.0. The maximum Gasteiger partial charge on any atom is 0.251 e. The molecule has 8 rings (SSSR count). The number of aromatic nitrogens is 3. The van der Waals surface area contributed by atoms with Crippen molar-refractivity contribution in [3.05, 3.63) is 111 Å². The van der Waals surface area contributed by atoms with Crippen LogP contribution in [0.15, 0.2) is 94.6 Å². The Morgan fingerprint density at radius 3 is 1.78 bits per heavy atom. The van der Waals surface area contributed by atoms with Crippen LogP contribution in [0.2, 0.25) is 0 Å². The maximum atomic E-state index is 12.4. The minimum absolute atomic E-state index is 0.0715. The van der Waals surface area contributed by atoms with Crippen LogP contribution in [0.4, 0.5) is 0 Å². The van der Waals surface area contributed by atoms with Crippen LogP contribution in [0, 0.1) is 0 Å². The molecule has 11 nitrogen and oxygen atoms in total. The summed E-state index contributed by atoms with van der Waals surface area (Å²) in [4.78, 5) is 33.8. The number of nitrogens with zero attached hydrogens (tertiary/aromatic N) is 5. The van der Waals surface area contributed by atoms with Crippen LogP contribution < -0.4 is 31.6 Å². The summed E-state index contributed by atoms with van der Waals surface area (Å²) in [6.07, 6.45) is 6.06. The van der Waals surface area contributed by atoms with Crippen molar-refractivity contribution in [1.29, 1.82) is 0 Å². The maximum absolute atomic E-state index is 12.4. The molecule has 0 spiro atoms. The summed E-state index contributed by atoms with van der Waals surface area (Å²) in [6.45, 7) is 9.33. The molecule has 51 heavy (non-hydrogen) atoms. The Hall–Kier alpha value is -4.55. The molecule has 2 fully saturated rings. The van der Waals surface area contributed by atoms with Gasteiger partial charge in [0.05, 0.1) is 22.9 Å². The van der Waals surface area contributed by atoms with E-state index < -0.39 is 0 Å². The molecule has 0 amide bonds. The highest BCUT2D eigenvalue weighted by Gasteiger charge is 2.20. The zero-order valence-electron chi connectivity index (χ0n) is 29.3. The lowest BCUT2D eigenvalue weighted by Crippen LogP contribution is -2.43. The Kier molecular flexibility index (Phi) is 11.4. The average Bonchev–Trinajstić information content (AvgIpc) is 3.17. The summed E-state index contributed by atoms with van der Waals surface area (Å²) in [5, 5.41) is 5.86. The van der Waals surface area contributed by atoms with E-state index >= 15 is 0 Å². The number of ether oxygens (including phenoxy) is 2. The first-order chi connectivity index (χ1) is 25.0. The van der Waals surface area contributed by atoms with Crippen LogP contribution in [0.3, 0.4) is 0 Å². The molecule has 0 unspecified atom stereocenters. The molecule has 3 aliphatic rings. The first kappa shape index (κ1) is 34.9. The Bertz CT molecular complexity index is 2030. The minimum atomic E-state index is 0.0715. The molecule has 2 aromatic carbocycles. The van der Waals surface area contributed by atoms with Crippen molar-refractivity contribution in [2.45, 2.75) is 57.4 Å². The zero-order valence-corrected chi connectivity index (χ0v) is 29.3. The van der Waals surface area contributed by atoms with Gasteiger partial charge in [0.1, 0.15) is 13.2 Å². The van der Waals surface area contributed by atoms with Gasteiger partial charge in [0.15, 0.2) is 11.5 Å². The second kappa shape index (κ2) is 16.6. The molecule has 0 aliphatic carbocycles. The quantitative estimate of drug-likeness (QED) is 0.238. The number of pyridine rings is 3. The van der Waals surface area contributed by atoms with E-state index in [2.05, 4.69) is 26.2 Å². The highest BCUT2D eigenvalue weighted by Crippen LogP contribution is 2.29. The Labute approximate surface area is 298 Å². The second-order valence-electron chi connectivity index (χ2n) is 13.8. The van der Waals surface area contributed by atoms with Crippen molar-refractivity contribution < 1.29 is 9.47 Å². The third-order valence-electron chi connectivity index (χ3n) is 10.4. The smallest absolute Gasteiger partial charge is 0.251 e. The lowest BCUT2D eigenvalue weighted by Gasteiger charge is -2.32. The number of para-hydroxylation sites is 2. The van der Waals surface area contributed by atoms with Crippen LogP contribution in [0.1, 0.15) is 31.4 Å². The Balaban J connectivity index is 0.000000175. The molecule has 6 heterocycles. The topological polar surface area (TPSA) is 120 Å². The van der Waals surface area contributed by atoms with Gasteiger partial charge in [-0.1, -0.05) is 36.4 Å². The summed E-state index contributed by atoms with van der Waals surface area (Å²) in [5.41, 5.74) is 9.08. The van der Waals surface area contributed by atoms with Crippen molar-refractivity contribution in [3.8, 4) is 11.5 Å². The number of benzene rings is 2. The predicted octanol–water partition coefficient (Wildman–Crippen LogP) is 3.85. The van der Waals surface area contributed by atoms with Crippen molar-refractivity contribution in [2.75, 3.05) is 52.5 Å². The molecule has 3 aliphatic heterocycles. The molecule has 3 aromatic heterocycles. The van der Waals surface area contributed by atoms with Crippen molar-refractivity contribution >= 4 is 21.8 Å². The molecule has 3 N–H and O–H groups in total. The number of nitrogens with two attached hydrogens (primary N) is 1. The van der Waals surface area contributed by atoms with E-state index in [-0.39, 0.29) is 11.1 Å². The second-order valence-corrected chi connectivity index (χ2v) is 13.8. The molecule has 5 aromatic rings. The first-order valence-corrected chi connectivity index (χ1v) is 18.4. The molecule has 268 valence electrons. The van der Waals surface area contributed by atoms with Crippen molar-refractivity contribution in [3.63, 3.8) is 0 Å². The Morgan fingerprint density at radius 1 is 0.667 bits per heavy atom. The molecule has 0 saturated carbocycles. The van der Waals surface area contributed by atoms with Gasteiger partial charge in [0, 0.05) is 63.0 Å². The predicted molar refractivity (Wildman–Crippen MR) is 202 cm³/mol. The van der Waals surface area contributed by atoms with E-state index in [1.165, 1.54) is 0 Å². The normalized spacial score (nSPS) is 17.4. The number of fused-ring (bicyclic) bond motifs is 3. The van der Waals surface area contributed by atoms with Gasteiger partial charge in [-0.15, -0.1) is 0 Å². The summed E-state index contributed by atoms with van der Waals surface area (Å²) < 4.78 is 15.0. The van der Waals surface area contributed by atoms with Crippen LogP contribution in [0.5, 0.6) is 11.5 Å². The highest BCUT2D eigenvalue weighted by atomic mass is 16.6. The molecular formula is C40H49N7O4. The fourth-order valence-electron chi connectivity index (χ4n) is 7.30. The van der Waals surface area contributed by atoms with Crippen molar-refractivity contribution in [2.24, 2.45) is 5.73 Å². The molecule has 0 bridgehead atoms. The van der Waals surface area contributed by atoms with Gasteiger partial charge in [-0.3, -0.25) is 14.6 Å². The van der Waals surface area contributed by atoms with Gasteiger partial charge in [-0.05, 0) is 86.9 Å². The van der Waals surface area contributed by atoms with Gasteiger partial charge in [-0.2, -0.15) is 0 Å². The first-order valence-electron chi connectivity index (χ1n) is 18.4. The van der Waals surface area contributed by atoms with Gasteiger partial charge < -0.3 is 39.5 Å². The fraction of sp³-hybridized carbons (Fsp3) is 0.425. The third kappa shape index (κ3) is 8.85. The molecular weight excluding hydrogens is 642 g/mol. The third-order valence-corrected chi connectivity index (χ3v) is 10.4. The van der Waals surface area contributed by atoms with Crippen LogP contribution in [-0.4, -0.2) is 88.5 Å². The largest absolute Gasteiger partial charge is 0.486 e. The number of piperidine rings is 2. The summed E-state index contributed by atoms with van der Waals surface area (Å²) in [7, 11) is 0. The number of likely N-dealkylation sites (tertiary alicyclic amines) is 2. The number of hydrogen-bond acceptors (Lipinski definition) is 9. The Morgan fingerprint density at radius 2 is 1.20 bits per heavy atom. The standard InChI is InChI=1S/C24H28N4O3.C16H21N3O/c29-24-6-5-18-3-1-2-4-21(18)28(24)12-11-27-9-7-19(8-10-27)25-16-20-15-22-23(17-26-20)31-14-13-30-22;17-14-7-9-18(10-8-14)11-12-19-15-4-2-1-3-13(15)5-6-16(19)20/h1-6,15,17,19,25H,7-14,16H2;1-6,14H,7-12,17H2. The van der Waals surface area contributed by atoms with Gasteiger partial charge in [0.2, 0.25) is 0 Å². The fourth-order valence-corrected chi connectivity index (χ4v) is 7.30. The van der Waals surface area contributed by atoms with E-state index in [0.717, 1.165) is 124 Å². The molecule has 2 saturated heterocycles. The van der Waals surface area contributed by atoms with Crippen LogP contribution in [0.25, 0.3) is 21.8 Å². The zero-order chi connectivity index (χ0) is 35.0. The van der Waals surface area contributed by atoms with Crippen LogP contribution >= 0.6 is 0 Å². The monoisotopic (exact) mass is 691 g/mol. The summed E-state index contributed by atoms with van der Waals surface area (Å²) in [5.74, 6) is 1.52. The van der Waals surface area contributed by atoms with E-state index in [4.69, 9.17) is 15.2 Å².